The quantitative estimate of drug-likeness (QED) is 0.242. The minimum Gasteiger partial charge on any atom is -0.459 e. The second kappa shape index (κ2) is 10.8. The van der Waals surface area contributed by atoms with E-state index in [1.165, 1.54) is 7.05 Å². The van der Waals surface area contributed by atoms with Crippen LogP contribution >= 0.6 is 24.0 Å². The van der Waals surface area contributed by atoms with Crippen LogP contribution in [-0.4, -0.2) is 28.5 Å². The zero-order valence-electron chi connectivity index (χ0n) is 17.2. The summed E-state index contributed by atoms with van der Waals surface area (Å²) in [7, 11) is -0.175. The highest BCUT2D eigenvalue weighted by Crippen LogP contribution is 2.24. The molecule has 0 bridgehead atoms. The number of hydrogen-bond acceptors (Lipinski definition) is 4. The van der Waals surface area contributed by atoms with Crippen molar-refractivity contribution in [3.63, 3.8) is 0 Å². The number of nitrogens with one attached hydrogen (secondary N) is 3. The van der Waals surface area contributed by atoms with Crippen molar-refractivity contribution in [1.82, 2.24) is 15.4 Å². The number of hydrogen-bond donors (Lipinski definition) is 3. The van der Waals surface area contributed by atoms with E-state index in [-0.39, 0.29) is 29.7 Å². The molecule has 7 nitrogen and oxygen atoms in total. The zero-order chi connectivity index (χ0) is 20.9. The summed E-state index contributed by atoms with van der Waals surface area (Å²) in [5, 5.41) is 7.62. The number of aryl methyl sites for hydroxylation is 1. The molecule has 0 amide bonds. The lowest BCUT2D eigenvalue weighted by Gasteiger charge is -2.12. The molecule has 0 fully saturated rings. The summed E-state index contributed by atoms with van der Waals surface area (Å²) in [5.74, 6) is 1.46. The fraction of sp³-hybridized carbons (Fsp3) is 0.286. The summed E-state index contributed by atoms with van der Waals surface area (Å²) >= 11 is 0. The fourth-order valence-electron chi connectivity index (χ4n) is 3.08. The van der Waals surface area contributed by atoms with E-state index in [0.717, 1.165) is 33.4 Å². The average Bonchev–Trinajstić information content (AvgIpc) is 3.04. The van der Waals surface area contributed by atoms with E-state index in [0.29, 0.717) is 19.0 Å². The van der Waals surface area contributed by atoms with Gasteiger partial charge in [-0.15, -0.1) is 24.0 Å². The maximum Gasteiger partial charge on any atom is 0.215 e. The molecule has 162 valence electrons. The normalized spacial score (nSPS) is 11.9. The molecule has 0 unspecified atom stereocenters. The molecule has 0 atom stereocenters. The maximum atomic E-state index is 11.7. The second-order valence-electron chi connectivity index (χ2n) is 6.71. The Kier molecular flexibility index (Phi) is 8.68. The van der Waals surface area contributed by atoms with Crippen LogP contribution in [0.3, 0.4) is 0 Å². The standard InChI is InChI=1S/C21H26N4O3S.HI/c1-15-18-9-4-5-10-19(18)28-20(15)13-25-21(22-2)24-12-16-7-6-8-17(11-16)14-29(26,27)23-3;/h4-11,23H,12-14H2,1-3H3,(H2,22,24,25);1H. The van der Waals surface area contributed by atoms with E-state index in [2.05, 4.69) is 20.3 Å². The molecular formula is C21H27IN4O3S. The molecule has 3 rings (SSSR count). The van der Waals surface area contributed by atoms with Gasteiger partial charge in [-0.05, 0) is 31.2 Å². The van der Waals surface area contributed by atoms with Gasteiger partial charge >= 0.3 is 0 Å². The summed E-state index contributed by atoms with van der Waals surface area (Å²) in [6.45, 7) is 3.08. The Morgan fingerprint density at radius 1 is 1.03 bits per heavy atom. The maximum absolute atomic E-state index is 11.7. The monoisotopic (exact) mass is 542 g/mol. The second-order valence-corrected chi connectivity index (χ2v) is 8.64. The Hall–Kier alpha value is -2.11. The molecule has 0 aliphatic carbocycles. The molecule has 0 aliphatic rings. The van der Waals surface area contributed by atoms with Crippen molar-refractivity contribution in [2.45, 2.75) is 25.8 Å². The van der Waals surface area contributed by atoms with Crippen molar-refractivity contribution >= 4 is 50.9 Å². The summed E-state index contributed by atoms with van der Waals surface area (Å²) in [6, 6.07) is 15.4. The van der Waals surface area contributed by atoms with E-state index < -0.39 is 10.0 Å². The molecule has 1 aromatic heterocycles. The van der Waals surface area contributed by atoms with Crippen LogP contribution in [0.25, 0.3) is 11.0 Å². The van der Waals surface area contributed by atoms with E-state index in [4.69, 9.17) is 4.42 Å². The Bertz CT molecular complexity index is 1130. The van der Waals surface area contributed by atoms with Gasteiger partial charge < -0.3 is 15.1 Å². The van der Waals surface area contributed by atoms with Gasteiger partial charge in [-0.2, -0.15) is 0 Å². The number of sulfonamides is 1. The third-order valence-corrected chi connectivity index (χ3v) is 6.04. The van der Waals surface area contributed by atoms with Crippen LogP contribution in [0.15, 0.2) is 57.9 Å². The number of nitrogens with zero attached hydrogens (tertiary/aromatic N) is 1. The number of halogens is 1. The smallest absolute Gasteiger partial charge is 0.215 e. The highest BCUT2D eigenvalue weighted by molar-refractivity contribution is 14.0. The summed E-state index contributed by atoms with van der Waals surface area (Å²) in [6.07, 6.45) is 0. The molecule has 0 radical (unpaired) electrons. The van der Waals surface area contributed by atoms with E-state index in [1.54, 1.807) is 13.1 Å². The molecule has 9 heteroatoms. The van der Waals surface area contributed by atoms with Gasteiger partial charge in [0.1, 0.15) is 11.3 Å². The Morgan fingerprint density at radius 2 is 1.73 bits per heavy atom. The molecule has 0 aliphatic heterocycles. The first-order valence-corrected chi connectivity index (χ1v) is 11.0. The predicted molar refractivity (Wildman–Crippen MR) is 132 cm³/mol. The lowest BCUT2D eigenvalue weighted by Crippen LogP contribution is -2.36. The zero-order valence-corrected chi connectivity index (χ0v) is 20.4. The van der Waals surface area contributed by atoms with Crippen LogP contribution in [0.5, 0.6) is 0 Å². The van der Waals surface area contributed by atoms with Crippen LogP contribution in [0.1, 0.15) is 22.5 Å². The lowest BCUT2D eigenvalue weighted by molar-refractivity contribution is 0.534. The van der Waals surface area contributed by atoms with Gasteiger partial charge in [-0.1, -0.05) is 42.5 Å². The fourth-order valence-corrected chi connectivity index (χ4v) is 3.85. The highest BCUT2D eigenvalue weighted by Gasteiger charge is 2.11. The topological polar surface area (TPSA) is 95.7 Å². The summed E-state index contributed by atoms with van der Waals surface area (Å²) < 4.78 is 31.7. The molecule has 0 saturated heterocycles. The van der Waals surface area contributed by atoms with Crippen molar-refractivity contribution in [2.75, 3.05) is 14.1 Å². The van der Waals surface area contributed by atoms with Gasteiger partial charge in [0.15, 0.2) is 5.96 Å². The largest absolute Gasteiger partial charge is 0.459 e. The number of para-hydroxylation sites is 1. The van der Waals surface area contributed by atoms with Crippen molar-refractivity contribution in [1.29, 1.82) is 0 Å². The first kappa shape index (κ1) is 24.2. The number of aliphatic imine (C=N–C) groups is 1. The third-order valence-electron chi connectivity index (χ3n) is 4.70. The molecule has 1 heterocycles. The van der Waals surface area contributed by atoms with Gasteiger partial charge in [0.25, 0.3) is 0 Å². The SMILES string of the molecule is CN=C(NCc1cccc(CS(=O)(=O)NC)c1)NCc1oc2ccccc2c1C.I. The number of guanidine groups is 1. The van der Waals surface area contributed by atoms with Crippen LogP contribution in [0.4, 0.5) is 0 Å². The van der Waals surface area contributed by atoms with Crippen molar-refractivity contribution in [3.05, 3.63) is 71.0 Å². The molecular weight excluding hydrogens is 515 g/mol. The van der Waals surface area contributed by atoms with E-state index in [1.807, 2.05) is 49.4 Å². The van der Waals surface area contributed by atoms with Gasteiger partial charge in [-0.25, -0.2) is 13.1 Å². The molecule has 30 heavy (non-hydrogen) atoms. The van der Waals surface area contributed by atoms with Crippen LogP contribution < -0.4 is 15.4 Å². The van der Waals surface area contributed by atoms with E-state index in [9.17, 15) is 8.42 Å². The first-order valence-electron chi connectivity index (χ1n) is 9.32. The van der Waals surface area contributed by atoms with Gasteiger partial charge in [-0.3, -0.25) is 4.99 Å². The molecule has 3 N–H and O–H groups in total. The summed E-state index contributed by atoms with van der Waals surface area (Å²) in [5.41, 5.74) is 3.69. The third kappa shape index (κ3) is 6.19. The number of fused-ring (bicyclic) bond motifs is 1. The highest BCUT2D eigenvalue weighted by atomic mass is 127. The molecule has 0 saturated carbocycles. The molecule has 3 aromatic rings. The van der Waals surface area contributed by atoms with Crippen molar-refractivity contribution in [3.8, 4) is 0 Å². The minimum absolute atomic E-state index is 0. The van der Waals surface area contributed by atoms with Crippen molar-refractivity contribution in [2.24, 2.45) is 4.99 Å². The molecule has 2 aromatic carbocycles. The van der Waals surface area contributed by atoms with Gasteiger partial charge in [0, 0.05) is 24.5 Å². The van der Waals surface area contributed by atoms with Gasteiger partial charge in [0.05, 0.1) is 12.3 Å². The summed E-state index contributed by atoms with van der Waals surface area (Å²) in [4.78, 5) is 4.24. The predicted octanol–water partition coefficient (Wildman–Crippen LogP) is 3.27. The number of furan rings is 1. The first-order chi connectivity index (χ1) is 13.9. The lowest BCUT2D eigenvalue weighted by atomic mass is 10.1. The number of benzene rings is 2. The minimum atomic E-state index is -3.30. The average molecular weight is 542 g/mol. The van der Waals surface area contributed by atoms with Crippen molar-refractivity contribution < 1.29 is 12.8 Å². The Balaban J connectivity index is 0.00000320. The van der Waals surface area contributed by atoms with Crippen LogP contribution in [0.2, 0.25) is 0 Å². The van der Waals surface area contributed by atoms with Gasteiger partial charge in [0.2, 0.25) is 10.0 Å². The Morgan fingerprint density at radius 3 is 2.43 bits per heavy atom. The Labute approximate surface area is 194 Å². The van der Waals surface area contributed by atoms with Crippen LogP contribution in [0, 0.1) is 6.92 Å². The molecule has 0 spiro atoms. The van der Waals surface area contributed by atoms with Crippen LogP contribution in [-0.2, 0) is 28.9 Å². The number of rotatable bonds is 7. The van der Waals surface area contributed by atoms with E-state index >= 15 is 0 Å².